The molecule has 28 heavy (non-hydrogen) atoms. The van der Waals surface area contributed by atoms with E-state index in [1.54, 1.807) is 12.1 Å². The molecule has 1 aromatic carbocycles. The van der Waals surface area contributed by atoms with Crippen LogP contribution in [0.3, 0.4) is 0 Å². The third-order valence-corrected chi connectivity index (χ3v) is 5.29. The first-order chi connectivity index (χ1) is 13.3. The summed E-state index contributed by atoms with van der Waals surface area (Å²) in [5.41, 5.74) is 2.10. The largest absolute Gasteiger partial charge is 0.442 e. The number of ether oxygens (including phenoxy) is 1. The highest BCUT2D eigenvalue weighted by Crippen LogP contribution is 2.31. The lowest BCUT2D eigenvalue weighted by Gasteiger charge is -2.17. The summed E-state index contributed by atoms with van der Waals surface area (Å²) in [6.07, 6.45) is 1.12. The second-order valence-corrected chi connectivity index (χ2v) is 7.76. The highest BCUT2D eigenvalue weighted by Gasteiger charge is 2.35. The molecule has 2 amide bonds. The van der Waals surface area contributed by atoms with Crippen LogP contribution in [0.4, 0.5) is 10.5 Å². The second kappa shape index (κ2) is 8.12. The second-order valence-electron chi connectivity index (χ2n) is 7.76. The zero-order chi connectivity index (χ0) is 20.4. The number of cyclic esters (lactones) is 1. The molecule has 0 bridgehead atoms. The molecule has 1 saturated heterocycles. The molecule has 1 N–H and O–H groups in total. The van der Waals surface area contributed by atoms with Crippen molar-refractivity contribution in [3.05, 3.63) is 29.3 Å². The number of rotatable bonds is 5. The lowest BCUT2D eigenvalue weighted by Crippen LogP contribution is -2.33. The molecule has 1 fully saturated rings. The number of hydrogen-bond acceptors (Lipinski definition) is 5. The van der Waals surface area contributed by atoms with E-state index < -0.39 is 18.1 Å². The highest BCUT2D eigenvalue weighted by atomic mass is 16.6. The van der Waals surface area contributed by atoms with Crippen LogP contribution in [0, 0.1) is 11.8 Å². The average Bonchev–Trinajstić information content (AvgIpc) is 2.94. The Morgan fingerprint density at radius 3 is 2.71 bits per heavy atom. The van der Waals surface area contributed by atoms with Gasteiger partial charge in [0.15, 0.2) is 5.78 Å². The fourth-order valence-corrected chi connectivity index (χ4v) is 3.78. The van der Waals surface area contributed by atoms with Gasteiger partial charge in [0.2, 0.25) is 5.91 Å². The van der Waals surface area contributed by atoms with Crippen LogP contribution in [0.25, 0.3) is 0 Å². The van der Waals surface area contributed by atoms with Gasteiger partial charge in [0.1, 0.15) is 11.9 Å². The topological polar surface area (TPSA) is 92.8 Å². The van der Waals surface area contributed by atoms with Gasteiger partial charge in [-0.25, -0.2) is 4.79 Å². The van der Waals surface area contributed by atoms with Crippen molar-refractivity contribution in [1.29, 1.82) is 0 Å². The number of carbonyl (C=O) groups is 4. The van der Waals surface area contributed by atoms with Crippen LogP contribution in [0.5, 0.6) is 0 Å². The minimum atomic E-state index is -0.578. The van der Waals surface area contributed by atoms with E-state index in [1.165, 1.54) is 11.8 Å². The maximum atomic E-state index is 12.9. The van der Waals surface area contributed by atoms with Crippen molar-refractivity contribution in [1.82, 2.24) is 5.32 Å². The highest BCUT2D eigenvalue weighted by molar-refractivity contribution is 6.12. The van der Waals surface area contributed by atoms with Crippen molar-refractivity contribution in [3.8, 4) is 0 Å². The van der Waals surface area contributed by atoms with Crippen LogP contribution in [0.1, 0.15) is 49.5 Å². The van der Waals surface area contributed by atoms with Gasteiger partial charge in [-0.2, -0.15) is 0 Å². The van der Waals surface area contributed by atoms with E-state index in [2.05, 4.69) is 5.32 Å². The first-order valence-electron chi connectivity index (χ1n) is 9.71. The quantitative estimate of drug-likeness (QED) is 0.620. The van der Waals surface area contributed by atoms with Crippen molar-refractivity contribution in [2.45, 2.75) is 46.1 Å². The number of carbonyl (C=O) groups excluding carboxylic acids is 4. The summed E-state index contributed by atoms with van der Waals surface area (Å²) in [6.45, 7) is 5.65. The molecule has 2 aliphatic rings. The standard InChI is InChI=1S/C21H26N2O5/c1-12(2)19(25)18-6-4-5-14-9-15(7-8-17(14)20(18)26)23-11-16(28-21(23)27)10-22-13(3)24/h7-9,12,16,18H,4-6,10-11H2,1-3H3,(H,22,24)/t16-,18+/m0/s1. The number of fused-ring (bicyclic) bond motifs is 1. The van der Waals surface area contributed by atoms with Gasteiger partial charge in [-0.3, -0.25) is 19.3 Å². The molecular weight excluding hydrogens is 360 g/mol. The van der Waals surface area contributed by atoms with Crippen molar-refractivity contribution in [2.24, 2.45) is 11.8 Å². The Balaban J connectivity index is 1.80. The van der Waals surface area contributed by atoms with Crippen LogP contribution in [-0.4, -0.2) is 42.8 Å². The predicted molar refractivity (Wildman–Crippen MR) is 103 cm³/mol. The summed E-state index contributed by atoms with van der Waals surface area (Å²) >= 11 is 0. The van der Waals surface area contributed by atoms with E-state index in [4.69, 9.17) is 4.74 Å². The maximum absolute atomic E-state index is 12.9. The molecule has 2 atom stereocenters. The van der Waals surface area contributed by atoms with Crippen molar-refractivity contribution in [2.75, 3.05) is 18.0 Å². The van der Waals surface area contributed by atoms with E-state index in [0.717, 1.165) is 12.0 Å². The van der Waals surface area contributed by atoms with Gasteiger partial charge in [-0.05, 0) is 43.0 Å². The van der Waals surface area contributed by atoms with E-state index >= 15 is 0 Å². The fraction of sp³-hybridized carbons (Fsp3) is 0.524. The number of aryl methyl sites for hydroxylation is 1. The summed E-state index contributed by atoms with van der Waals surface area (Å²) in [6, 6.07) is 5.28. The van der Waals surface area contributed by atoms with Crippen LogP contribution in [0.2, 0.25) is 0 Å². The molecular formula is C21H26N2O5. The van der Waals surface area contributed by atoms with Gasteiger partial charge in [0.05, 0.1) is 19.0 Å². The van der Waals surface area contributed by atoms with Crippen molar-refractivity contribution < 1.29 is 23.9 Å². The molecule has 1 heterocycles. The zero-order valence-electron chi connectivity index (χ0n) is 16.5. The van der Waals surface area contributed by atoms with Crippen LogP contribution < -0.4 is 10.2 Å². The molecule has 0 aromatic heterocycles. The zero-order valence-corrected chi connectivity index (χ0v) is 16.5. The van der Waals surface area contributed by atoms with Gasteiger partial charge in [0, 0.05) is 24.1 Å². The van der Waals surface area contributed by atoms with Crippen LogP contribution >= 0.6 is 0 Å². The normalized spacial score (nSPS) is 21.9. The Bertz CT molecular complexity index is 817. The third-order valence-electron chi connectivity index (χ3n) is 5.29. The fourth-order valence-electron chi connectivity index (χ4n) is 3.78. The number of hydrogen-bond donors (Lipinski definition) is 1. The molecule has 3 rings (SSSR count). The van der Waals surface area contributed by atoms with Gasteiger partial charge < -0.3 is 10.1 Å². The van der Waals surface area contributed by atoms with Gasteiger partial charge >= 0.3 is 6.09 Å². The van der Waals surface area contributed by atoms with E-state index in [-0.39, 0.29) is 29.9 Å². The first kappa shape index (κ1) is 20.0. The molecule has 0 spiro atoms. The van der Waals surface area contributed by atoms with E-state index in [9.17, 15) is 19.2 Å². The molecule has 150 valence electrons. The Morgan fingerprint density at radius 1 is 1.29 bits per heavy atom. The summed E-state index contributed by atoms with van der Waals surface area (Å²) < 4.78 is 5.30. The number of nitrogens with one attached hydrogen (secondary N) is 1. The van der Waals surface area contributed by atoms with Gasteiger partial charge in [-0.15, -0.1) is 0 Å². The molecule has 7 heteroatoms. The summed E-state index contributed by atoms with van der Waals surface area (Å²) in [4.78, 5) is 50.1. The van der Waals surface area contributed by atoms with E-state index in [0.29, 0.717) is 30.6 Å². The SMILES string of the molecule is CC(=O)NC[C@H]1CN(c2ccc3c(c2)CCC[C@H](C(=O)C(C)C)C3=O)C(=O)O1. The Kier molecular flexibility index (Phi) is 5.82. The molecule has 1 aromatic rings. The number of Topliss-reactive ketones (excluding diaryl/α,β-unsaturated/α-hetero) is 2. The molecule has 0 unspecified atom stereocenters. The minimum absolute atomic E-state index is 0.00846. The lowest BCUT2D eigenvalue weighted by molar-refractivity contribution is -0.124. The summed E-state index contributed by atoms with van der Waals surface area (Å²) in [5, 5.41) is 2.65. The number of amides is 2. The van der Waals surface area contributed by atoms with Gasteiger partial charge in [-0.1, -0.05) is 13.8 Å². The lowest BCUT2D eigenvalue weighted by atomic mass is 9.86. The predicted octanol–water partition coefficient (Wildman–Crippen LogP) is 2.51. The monoisotopic (exact) mass is 386 g/mol. The summed E-state index contributed by atoms with van der Waals surface area (Å²) in [7, 11) is 0. The van der Waals surface area contributed by atoms with Crippen LogP contribution in [-0.2, 0) is 20.7 Å². The number of benzene rings is 1. The number of anilines is 1. The van der Waals surface area contributed by atoms with Crippen molar-refractivity contribution in [3.63, 3.8) is 0 Å². The molecule has 7 nitrogen and oxygen atoms in total. The average molecular weight is 386 g/mol. The summed E-state index contributed by atoms with van der Waals surface area (Å²) in [5.74, 6) is -1.06. The van der Waals surface area contributed by atoms with Crippen LogP contribution in [0.15, 0.2) is 18.2 Å². The smallest absolute Gasteiger partial charge is 0.414 e. The number of nitrogens with zero attached hydrogens (tertiary/aromatic N) is 1. The van der Waals surface area contributed by atoms with Gasteiger partial charge in [0.25, 0.3) is 0 Å². The number of ketones is 2. The molecule has 1 aliphatic carbocycles. The Hall–Kier alpha value is -2.70. The minimum Gasteiger partial charge on any atom is -0.442 e. The van der Waals surface area contributed by atoms with E-state index in [1.807, 2.05) is 19.9 Å². The maximum Gasteiger partial charge on any atom is 0.414 e. The molecule has 0 saturated carbocycles. The molecule has 1 aliphatic heterocycles. The first-order valence-corrected chi connectivity index (χ1v) is 9.71. The Labute approximate surface area is 164 Å². The van der Waals surface area contributed by atoms with Crippen molar-refractivity contribution >= 4 is 29.3 Å². The molecule has 0 radical (unpaired) electrons. The Morgan fingerprint density at radius 2 is 2.04 bits per heavy atom. The third kappa shape index (κ3) is 4.08.